The summed E-state index contributed by atoms with van der Waals surface area (Å²) in [7, 11) is -0.834. The van der Waals surface area contributed by atoms with E-state index in [-0.39, 0.29) is 0 Å². The molecule has 35 heavy (non-hydrogen) atoms. The van der Waals surface area contributed by atoms with Gasteiger partial charge in [0.25, 0.3) is 0 Å². The minimum absolute atomic E-state index is 0.548. The Kier molecular flexibility index (Phi) is 5.34. The lowest BCUT2D eigenvalue weighted by Gasteiger charge is -2.11. The molecule has 0 bridgehead atoms. The van der Waals surface area contributed by atoms with Gasteiger partial charge in [-0.1, -0.05) is 73.4 Å². The summed E-state index contributed by atoms with van der Waals surface area (Å²) in [6.07, 6.45) is 0.635. The van der Waals surface area contributed by atoms with Crippen LogP contribution in [0.3, 0.4) is 0 Å². The molecule has 0 spiro atoms. The summed E-state index contributed by atoms with van der Waals surface area (Å²) in [5, 5.41) is 12.7. The van der Waals surface area contributed by atoms with E-state index in [1.165, 1.54) is 44.7 Å². The van der Waals surface area contributed by atoms with E-state index in [0.29, 0.717) is 5.69 Å². The second-order valence-electron chi connectivity index (χ2n) is 8.64. The Morgan fingerprint density at radius 2 is 1.37 bits per heavy atom. The van der Waals surface area contributed by atoms with Crippen LogP contribution < -0.4 is 0 Å². The maximum Gasteiger partial charge on any atom is 0.416 e. The van der Waals surface area contributed by atoms with E-state index >= 15 is 0 Å². The van der Waals surface area contributed by atoms with Crippen LogP contribution in [0.5, 0.6) is 0 Å². The second-order valence-corrected chi connectivity index (χ2v) is 10.7. The summed E-state index contributed by atoms with van der Waals surface area (Å²) >= 11 is 0. The molecule has 0 fully saturated rings. The number of rotatable bonds is 4. The topological polar surface area (TPSA) is 30.7 Å². The molecule has 3 nitrogen and oxygen atoms in total. The van der Waals surface area contributed by atoms with Crippen LogP contribution in [0.1, 0.15) is 23.1 Å². The zero-order chi connectivity index (χ0) is 24.0. The number of hydrogen-bond acceptors (Lipinski definition) is 2. The van der Waals surface area contributed by atoms with Crippen molar-refractivity contribution in [2.24, 2.45) is 0 Å². The second kappa shape index (κ2) is 8.54. The van der Waals surface area contributed by atoms with Gasteiger partial charge in [0, 0.05) is 10.6 Å². The molecule has 1 unspecified atom stereocenters. The molecule has 1 atom stereocenters. The Bertz CT molecular complexity index is 1480. The molecule has 0 radical (unpaired) electrons. The van der Waals surface area contributed by atoms with Crippen LogP contribution in [0.4, 0.5) is 13.2 Å². The molecule has 5 aromatic rings. The van der Waals surface area contributed by atoms with Crippen LogP contribution in [0.25, 0.3) is 32.8 Å². The third kappa shape index (κ3) is 3.88. The summed E-state index contributed by atoms with van der Waals surface area (Å²) < 4.78 is 40.5. The number of halogens is 3. The van der Waals surface area contributed by atoms with Crippen molar-refractivity contribution < 1.29 is 13.2 Å². The van der Waals surface area contributed by atoms with Gasteiger partial charge in [-0.2, -0.15) is 13.2 Å². The fourth-order valence-electron chi connectivity index (χ4n) is 4.95. The third-order valence-corrected chi connectivity index (χ3v) is 9.23. The Balaban J connectivity index is 1.52. The SMILES string of the molecule is FC(F)(F)c1ccc(-n2cc(-c3c4c(c(-c5ccccc5)p3-c3ccccc3)CCC4)nn2)cc1. The Hall–Kier alpha value is -3.63. The molecule has 0 saturated heterocycles. The van der Waals surface area contributed by atoms with Crippen molar-refractivity contribution in [3.63, 3.8) is 0 Å². The number of hydrogen-bond donors (Lipinski definition) is 0. The van der Waals surface area contributed by atoms with Crippen LogP contribution in [0.15, 0.2) is 91.1 Å². The Morgan fingerprint density at radius 3 is 2.03 bits per heavy atom. The highest BCUT2D eigenvalue weighted by atomic mass is 31.1. The predicted octanol–water partition coefficient (Wildman–Crippen LogP) is 8.08. The van der Waals surface area contributed by atoms with Gasteiger partial charge in [0.1, 0.15) is 5.69 Å². The fourth-order valence-corrected chi connectivity index (χ4v) is 7.94. The van der Waals surface area contributed by atoms with Gasteiger partial charge in [-0.05, 0) is 65.5 Å². The molecule has 174 valence electrons. The third-order valence-electron chi connectivity index (χ3n) is 6.49. The molecule has 0 aliphatic heterocycles. The van der Waals surface area contributed by atoms with Crippen molar-refractivity contribution >= 4 is 7.53 Å². The van der Waals surface area contributed by atoms with Gasteiger partial charge in [-0.25, -0.2) is 4.68 Å². The van der Waals surface area contributed by atoms with Crippen LogP contribution in [0, 0.1) is 0 Å². The van der Waals surface area contributed by atoms with Crippen LogP contribution in [-0.4, -0.2) is 15.0 Å². The number of aromatic nitrogens is 3. The molecule has 2 heterocycles. The van der Waals surface area contributed by atoms with Crippen molar-refractivity contribution in [1.29, 1.82) is 0 Å². The van der Waals surface area contributed by atoms with Crippen LogP contribution in [-0.2, 0) is 19.0 Å². The number of fused-ring (bicyclic) bond motifs is 1. The van der Waals surface area contributed by atoms with Crippen molar-refractivity contribution in [1.82, 2.24) is 15.0 Å². The lowest BCUT2D eigenvalue weighted by molar-refractivity contribution is -0.137. The number of nitrogens with zero attached hydrogens (tertiary/aromatic N) is 3. The molecule has 6 rings (SSSR count). The molecule has 7 heteroatoms. The quantitative estimate of drug-likeness (QED) is 0.257. The minimum atomic E-state index is -4.37. The van der Waals surface area contributed by atoms with E-state index in [1.807, 2.05) is 18.3 Å². The number of alkyl halides is 3. The lowest BCUT2D eigenvalue weighted by atomic mass is 10.1. The Morgan fingerprint density at radius 1 is 0.743 bits per heavy atom. The van der Waals surface area contributed by atoms with E-state index in [9.17, 15) is 13.2 Å². The van der Waals surface area contributed by atoms with Crippen LogP contribution >= 0.6 is 7.53 Å². The highest BCUT2D eigenvalue weighted by molar-refractivity contribution is 7.63. The first kappa shape index (κ1) is 21.9. The van der Waals surface area contributed by atoms with E-state index < -0.39 is 19.3 Å². The van der Waals surface area contributed by atoms with Gasteiger partial charge in [0.05, 0.1) is 17.4 Å². The summed E-state index contributed by atoms with van der Waals surface area (Å²) in [6.45, 7) is 0. The van der Waals surface area contributed by atoms with Gasteiger partial charge >= 0.3 is 6.18 Å². The van der Waals surface area contributed by atoms with Gasteiger partial charge in [-0.3, -0.25) is 0 Å². The molecule has 0 amide bonds. The zero-order valence-corrected chi connectivity index (χ0v) is 19.6. The molecule has 1 aliphatic rings. The van der Waals surface area contributed by atoms with Crippen LogP contribution in [0.2, 0.25) is 0 Å². The van der Waals surface area contributed by atoms with Gasteiger partial charge < -0.3 is 0 Å². The standard InChI is InChI=1S/C28H21F3N3P/c29-28(30,31)20-14-16-21(17-15-20)34-18-25(32-33-34)27-24-13-7-12-23(24)26(19-8-3-1-4-9-19)35(27)22-10-5-2-6-11-22/h1-6,8-11,14-18H,7,12-13H2. The van der Waals surface area contributed by atoms with Gasteiger partial charge in [0.15, 0.2) is 0 Å². The van der Waals surface area contributed by atoms with E-state index in [2.05, 4.69) is 58.8 Å². The maximum absolute atomic E-state index is 13.0. The van der Waals surface area contributed by atoms with E-state index in [0.717, 1.165) is 37.1 Å². The summed E-state index contributed by atoms with van der Waals surface area (Å²) in [5.74, 6) is 0. The first-order chi connectivity index (χ1) is 17.0. The van der Waals surface area contributed by atoms with Crippen molar-refractivity contribution in [2.45, 2.75) is 25.4 Å². The Labute approximate surface area is 201 Å². The first-order valence-corrected chi connectivity index (χ1v) is 12.8. The predicted molar refractivity (Wildman–Crippen MR) is 133 cm³/mol. The van der Waals surface area contributed by atoms with Gasteiger partial charge in [0.2, 0.25) is 0 Å². The van der Waals surface area contributed by atoms with Crippen molar-refractivity contribution in [3.05, 3.63) is 108 Å². The monoisotopic (exact) mass is 487 g/mol. The molecule has 0 N–H and O–H groups in total. The molecule has 3 aromatic carbocycles. The maximum atomic E-state index is 13.0. The summed E-state index contributed by atoms with van der Waals surface area (Å²) in [6, 6.07) is 26.1. The molecule has 0 saturated carbocycles. The average Bonchev–Trinajstić information content (AvgIpc) is 3.60. The minimum Gasteiger partial charge on any atom is -0.220 e. The highest BCUT2D eigenvalue weighted by Gasteiger charge is 2.31. The largest absolute Gasteiger partial charge is 0.416 e. The molecule has 2 aromatic heterocycles. The normalized spacial score (nSPS) is 13.7. The van der Waals surface area contributed by atoms with Crippen molar-refractivity contribution in [3.8, 4) is 32.8 Å². The van der Waals surface area contributed by atoms with E-state index in [4.69, 9.17) is 0 Å². The van der Waals surface area contributed by atoms with Crippen molar-refractivity contribution in [2.75, 3.05) is 0 Å². The highest BCUT2D eigenvalue weighted by Crippen LogP contribution is 2.62. The van der Waals surface area contributed by atoms with Gasteiger partial charge in [-0.15, -0.1) is 5.10 Å². The summed E-state index contributed by atoms with van der Waals surface area (Å²) in [4.78, 5) is 0. The molecule has 1 aliphatic carbocycles. The smallest absolute Gasteiger partial charge is 0.220 e. The lowest BCUT2D eigenvalue weighted by Crippen LogP contribution is -2.05. The molecular weight excluding hydrogens is 466 g/mol. The average molecular weight is 487 g/mol. The summed E-state index contributed by atoms with van der Waals surface area (Å²) in [5.41, 5.74) is 4.68. The zero-order valence-electron chi connectivity index (χ0n) is 18.7. The number of benzene rings is 3. The van der Waals surface area contributed by atoms with E-state index in [1.54, 1.807) is 4.68 Å². The fraction of sp³-hybridized carbons (Fsp3) is 0.143. The molecular formula is C28H21F3N3P. The first-order valence-electron chi connectivity index (χ1n) is 11.5.